The molecule has 134 valence electrons. The molecule has 0 radical (unpaired) electrons. The van der Waals surface area contributed by atoms with E-state index >= 15 is 0 Å². The minimum Gasteiger partial charge on any atom is -0.391 e. The average Bonchev–Trinajstić information content (AvgIpc) is 3.25. The summed E-state index contributed by atoms with van der Waals surface area (Å²) in [5, 5.41) is 16.5. The number of aliphatic hydroxyl groups is 1. The van der Waals surface area contributed by atoms with E-state index in [1.165, 1.54) is 11.3 Å². The van der Waals surface area contributed by atoms with Crippen molar-refractivity contribution in [2.24, 2.45) is 12.5 Å². The van der Waals surface area contributed by atoms with Gasteiger partial charge in [0.15, 0.2) is 0 Å². The Bertz CT molecular complexity index is 736. The average molecular weight is 361 g/mol. The standard InChI is InChI=1S/C17H23N5O2S/c1-20-16(18-12-19-20)22-10-13(23)9-17(11-22)4-6-21(7-5-17)15(24)14-3-2-8-25-14/h2-3,8,12-13,23H,4-7,9-11H2,1H3. The van der Waals surface area contributed by atoms with Gasteiger partial charge in [-0.3, -0.25) is 4.79 Å². The van der Waals surface area contributed by atoms with Crippen LogP contribution in [-0.2, 0) is 7.05 Å². The van der Waals surface area contributed by atoms with Gasteiger partial charge in [-0.15, -0.1) is 11.3 Å². The Morgan fingerprint density at radius 3 is 2.84 bits per heavy atom. The van der Waals surface area contributed by atoms with Crippen molar-refractivity contribution in [3.05, 3.63) is 28.7 Å². The molecule has 4 rings (SSSR count). The fourth-order valence-electron chi connectivity index (χ4n) is 4.18. The molecular weight excluding hydrogens is 338 g/mol. The Hall–Kier alpha value is -1.93. The van der Waals surface area contributed by atoms with Gasteiger partial charge in [-0.25, -0.2) is 4.68 Å². The summed E-state index contributed by atoms with van der Waals surface area (Å²) in [6, 6.07) is 3.80. The van der Waals surface area contributed by atoms with Gasteiger partial charge in [-0.05, 0) is 36.1 Å². The fourth-order valence-corrected chi connectivity index (χ4v) is 4.87. The number of amides is 1. The van der Waals surface area contributed by atoms with Crippen molar-refractivity contribution in [3.8, 4) is 0 Å². The molecule has 2 saturated heterocycles. The Morgan fingerprint density at radius 1 is 1.40 bits per heavy atom. The molecule has 1 unspecified atom stereocenters. The van der Waals surface area contributed by atoms with Gasteiger partial charge in [-0.1, -0.05) is 6.07 Å². The maximum Gasteiger partial charge on any atom is 0.263 e. The topological polar surface area (TPSA) is 74.5 Å². The molecule has 4 heterocycles. The van der Waals surface area contributed by atoms with Crippen LogP contribution in [0.1, 0.15) is 28.9 Å². The predicted molar refractivity (Wildman–Crippen MR) is 95.7 cm³/mol. The third kappa shape index (κ3) is 3.16. The first-order chi connectivity index (χ1) is 12.1. The second kappa shape index (κ2) is 6.42. The van der Waals surface area contributed by atoms with Crippen molar-refractivity contribution >= 4 is 23.2 Å². The number of nitrogens with zero attached hydrogens (tertiary/aromatic N) is 5. The molecular formula is C17H23N5O2S. The Kier molecular flexibility index (Phi) is 4.24. The highest BCUT2D eigenvalue weighted by Gasteiger charge is 2.43. The summed E-state index contributed by atoms with van der Waals surface area (Å²) in [5.74, 6) is 0.932. The van der Waals surface area contributed by atoms with Gasteiger partial charge in [0, 0.05) is 33.2 Å². The van der Waals surface area contributed by atoms with Crippen LogP contribution >= 0.6 is 11.3 Å². The zero-order valence-corrected chi connectivity index (χ0v) is 15.2. The number of hydrogen-bond acceptors (Lipinski definition) is 6. The molecule has 0 aliphatic carbocycles. The molecule has 2 aliphatic heterocycles. The van der Waals surface area contributed by atoms with E-state index in [1.807, 2.05) is 29.5 Å². The molecule has 8 heteroatoms. The first-order valence-electron chi connectivity index (χ1n) is 8.66. The lowest BCUT2D eigenvalue weighted by Crippen LogP contribution is -2.55. The van der Waals surface area contributed by atoms with Crippen molar-refractivity contribution in [2.75, 3.05) is 31.1 Å². The number of β-amino-alcohol motifs (C(OH)–C–C–N with tert-alkyl or cyclic N) is 1. The number of likely N-dealkylation sites (tertiary alicyclic amines) is 1. The third-order valence-electron chi connectivity index (χ3n) is 5.44. The molecule has 1 atom stereocenters. The van der Waals surface area contributed by atoms with Crippen LogP contribution in [0.4, 0.5) is 5.95 Å². The van der Waals surface area contributed by atoms with Crippen LogP contribution in [0.15, 0.2) is 23.8 Å². The van der Waals surface area contributed by atoms with Gasteiger partial charge in [0.25, 0.3) is 5.91 Å². The van der Waals surface area contributed by atoms with Crippen LogP contribution in [0.25, 0.3) is 0 Å². The van der Waals surface area contributed by atoms with E-state index in [4.69, 9.17) is 0 Å². The lowest BCUT2D eigenvalue weighted by molar-refractivity contribution is 0.0245. The zero-order valence-electron chi connectivity index (χ0n) is 14.3. The van der Waals surface area contributed by atoms with Gasteiger partial charge in [0.05, 0.1) is 11.0 Å². The quantitative estimate of drug-likeness (QED) is 0.874. The molecule has 2 aliphatic rings. The summed E-state index contributed by atoms with van der Waals surface area (Å²) in [6.07, 6.45) is 3.80. The first kappa shape index (κ1) is 16.5. The summed E-state index contributed by atoms with van der Waals surface area (Å²) in [7, 11) is 1.87. The van der Waals surface area contributed by atoms with Crippen LogP contribution in [0.3, 0.4) is 0 Å². The second-order valence-corrected chi connectivity index (χ2v) is 8.14. The first-order valence-corrected chi connectivity index (χ1v) is 9.54. The van der Waals surface area contributed by atoms with Crippen molar-refractivity contribution in [1.82, 2.24) is 19.7 Å². The summed E-state index contributed by atoms with van der Waals surface area (Å²) in [5.41, 5.74) is 0.0375. The van der Waals surface area contributed by atoms with Gasteiger partial charge in [0.1, 0.15) is 6.33 Å². The second-order valence-electron chi connectivity index (χ2n) is 7.19. The summed E-state index contributed by atoms with van der Waals surface area (Å²) in [4.78, 5) is 21.8. The molecule has 2 aromatic heterocycles. The Labute approximate surface area is 150 Å². The normalized spacial score (nSPS) is 23.2. The maximum atomic E-state index is 12.5. The lowest BCUT2D eigenvalue weighted by atomic mass is 9.71. The maximum absolute atomic E-state index is 12.5. The molecule has 25 heavy (non-hydrogen) atoms. The van der Waals surface area contributed by atoms with E-state index in [-0.39, 0.29) is 17.4 Å². The summed E-state index contributed by atoms with van der Waals surface area (Å²) < 4.78 is 1.75. The van der Waals surface area contributed by atoms with Crippen molar-refractivity contribution in [2.45, 2.75) is 25.4 Å². The van der Waals surface area contributed by atoms with Crippen molar-refractivity contribution in [3.63, 3.8) is 0 Å². The van der Waals surface area contributed by atoms with Crippen LogP contribution in [0.5, 0.6) is 0 Å². The third-order valence-corrected chi connectivity index (χ3v) is 6.30. The molecule has 1 amide bonds. The number of aryl methyl sites for hydroxylation is 1. The number of thiophene rings is 1. The highest BCUT2D eigenvalue weighted by molar-refractivity contribution is 7.12. The molecule has 2 aromatic rings. The molecule has 0 bridgehead atoms. The van der Waals surface area contributed by atoms with E-state index < -0.39 is 0 Å². The van der Waals surface area contributed by atoms with Crippen LogP contribution in [-0.4, -0.2) is 63.0 Å². The number of anilines is 1. The number of aliphatic hydroxyl groups excluding tert-OH is 1. The van der Waals surface area contributed by atoms with E-state index in [9.17, 15) is 9.90 Å². The van der Waals surface area contributed by atoms with E-state index in [2.05, 4.69) is 15.0 Å². The highest BCUT2D eigenvalue weighted by atomic mass is 32.1. The zero-order chi connectivity index (χ0) is 17.4. The van der Waals surface area contributed by atoms with Crippen molar-refractivity contribution < 1.29 is 9.90 Å². The summed E-state index contributed by atoms with van der Waals surface area (Å²) in [6.45, 7) is 2.94. The number of rotatable bonds is 2. The molecule has 0 saturated carbocycles. The molecule has 1 N–H and O–H groups in total. The smallest absolute Gasteiger partial charge is 0.263 e. The summed E-state index contributed by atoms with van der Waals surface area (Å²) >= 11 is 1.50. The number of carbonyl (C=O) groups excluding carboxylic acids is 1. The highest BCUT2D eigenvalue weighted by Crippen LogP contribution is 2.41. The number of hydrogen-bond donors (Lipinski definition) is 1. The van der Waals surface area contributed by atoms with Crippen LogP contribution in [0, 0.1) is 5.41 Å². The van der Waals surface area contributed by atoms with Gasteiger partial charge in [-0.2, -0.15) is 10.1 Å². The predicted octanol–water partition coefficient (Wildman–Crippen LogP) is 1.37. The largest absolute Gasteiger partial charge is 0.391 e. The van der Waals surface area contributed by atoms with Crippen molar-refractivity contribution in [1.29, 1.82) is 0 Å². The SMILES string of the molecule is Cn1ncnc1N1CC(O)CC2(CCN(C(=O)c3cccs3)CC2)C1. The monoisotopic (exact) mass is 361 g/mol. The molecule has 2 fully saturated rings. The van der Waals surface area contributed by atoms with E-state index in [0.717, 1.165) is 49.7 Å². The fraction of sp³-hybridized carbons (Fsp3) is 0.588. The Balaban J connectivity index is 1.46. The molecule has 1 spiro atoms. The number of piperidine rings is 2. The minimum atomic E-state index is -0.370. The number of carbonyl (C=O) groups is 1. The van der Waals surface area contributed by atoms with Gasteiger partial charge in [0.2, 0.25) is 5.95 Å². The molecule has 0 aromatic carbocycles. The lowest BCUT2D eigenvalue weighted by Gasteiger charge is -2.49. The Morgan fingerprint density at radius 2 is 2.20 bits per heavy atom. The van der Waals surface area contributed by atoms with Crippen LogP contribution < -0.4 is 4.90 Å². The van der Waals surface area contributed by atoms with Crippen LogP contribution in [0.2, 0.25) is 0 Å². The van der Waals surface area contributed by atoms with E-state index in [1.54, 1.807) is 11.0 Å². The number of aromatic nitrogens is 3. The minimum absolute atomic E-state index is 0.0375. The van der Waals surface area contributed by atoms with Gasteiger partial charge < -0.3 is 14.9 Å². The van der Waals surface area contributed by atoms with Gasteiger partial charge >= 0.3 is 0 Å². The van der Waals surface area contributed by atoms with E-state index in [0.29, 0.717) is 6.54 Å². The molecule has 7 nitrogen and oxygen atoms in total.